The topological polar surface area (TPSA) is 67.4 Å². The summed E-state index contributed by atoms with van der Waals surface area (Å²) in [5, 5.41) is 5.86. The molecule has 0 spiro atoms. The Kier molecular flexibility index (Phi) is 9.10. The number of hydrogen-bond acceptors (Lipinski definition) is 3. The van der Waals surface area contributed by atoms with Crippen LogP contribution in [0, 0.1) is 11.8 Å². The van der Waals surface area contributed by atoms with Gasteiger partial charge in [0.1, 0.15) is 11.8 Å². The number of carbonyl (C=O) groups excluding carboxylic acids is 2. The van der Waals surface area contributed by atoms with Gasteiger partial charge < -0.3 is 15.4 Å². The molecule has 0 aliphatic heterocycles. The van der Waals surface area contributed by atoms with Crippen LogP contribution in [0.1, 0.15) is 58.1 Å². The van der Waals surface area contributed by atoms with E-state index < -0.39 is 6.04 Å². The number of hydrogen-bond donors (Lipinski definition) is 2. The second-order valence-electron chi connectivity index (χ2n) is 8.97. The normalized spacial score (nSPS) is 13.0. The molecule has 2 rings (SSSR count). The number of carbonyl (C=O) groups is 2. The minimum absolute atomic E-state index is 0.146. The predicted molar refractivity (Wildman–Crippen MR) is 126 cm³/mol. The Morgan fingerprint density at radius 3 is 1.97 bits per heavy atom. The smallest absolute Gasteiger partial charge is 0.246 e. The van der Waals surface area contributed by atoms with Crippen molar-refractivity contribution in [1.29, 1.82) is 0 Å². The van der Waals surface area contributed by atoms with Crippen LogP contribution in [0.5, 0.6) is 5.75 Å². The minimum Gasteiger partial charge on any atom is -0.497 e. The molecule has 0 saturated heterocycles. The van der Waals surface area contributed by atoms with Crippen LogP contribution in [0.2, 0.25) is 0 Å². The zero-order valence-electron chi connectivity index (χ0n) is 19.6. The van der Waals surface area contributed by atoms with E-state index in [2.05, 4.69) is 36.6 Å². The van der Waals surface area contributed by atoms with Gasteiger partial charge >= 0.3 is 0 Å². The van der Waals surface area contributed by atoms with E-state index >= 15 is 0 Å². The number of benzene rings is 2. The van der Waals surface area contributed by atoms with E-state index in [1.807, 2.05) is 32.9 Å². The van der Waals surface area contributed by atoms with Gasteiger partial charge in [-0.3, -0.25) is 9.59 Å². The number of methoxy groups -OCH3 is 1. The molecule has 0 saturated carbocycles. The van der Waals surface area contributed by atoms with Crippen molar-refractivity contribution in [3.8, 4) is 5.75 Å². The van der Waals surface area contributed by atoms with Crippen molar-refractivity contribution >= 4 is 17.5 Å². The summed E-state index contributed by atoms with van der Waals surface area (Å²) < 4.78 is 5.15. The first kappa shape index (κ1) is 24.4. The fourth-order valence-electron chi connectivity index (χ4n) is 3.47. The van der Waals surface area contributed by atoms with Gasteiger partial charge in [-0.05, 0) is 67.0 Å². The first-order chi connectivity index (χ1) is 14.7. The lowest BCUT2D eigenvalue weighted by molar-refractivity contribution is -0.127. The molecular formula is C26H36N2O3. The Morgan fingerprint density at radius 2 is 1.45 bits per heavy atom. The van der Waals surface area contributed by atoms with Crippen molar-refractivity contribution in [3.05, 3.63) is 59.7 Å². The first-order valence-electron chi connectivity index (χ1n) is 11.0. The average Bonchev–Trinajstić information content (AvgIpc) is 2.73. The summed E-state index contributed by atoms with van der Waals surface area (Å²) in [6.07, 6.45) is 1.58. The monoisotopic (exact) mass is 424 g/mol. The molecule has 0 fully saturated rings. The first-order valence-corrected chi connectivity index (χ1v) is 11.0. The van der Waals surface area contributed by atoms with Gasteiger partial charge in [-0.15, -0.1) is 0 Å². The van der Waals surface area contributed by atoms with Crippen LogP contribution < -0.4 is 15.4 Å². The van der Waals surface area contributed by atoms with Crippen LogP contribution in [0.25, 0.3) is 0 Å². The number of amides is 2. The lowest BCUT2D eigenvalue weighted by Gasteiger charge is -2.22. The average molecular weight is 425 g/mol. The van der Waals surface area contributed by atoms with Crippen molar-refractivity contribution in [1.82, 2.24) is 5.32 Å². The summed E-state index contributed by atoms with van der Waals surface area (Å²) in [5.74, 6) is 0.874. The van der Waals surface area contributed by atoms with Gasteiger partial charge in [-0.1, -0.05) is 52.0 Å². The zero-order valence-corrected chi connectivity index (χ0v) is 19.6. The molecule has 2 aromatic rings. The number of rotatable bonds is 10. The Labute approximate surface area is 186 Å². The van der Waals surface area contributed by atoms with Gasteiger partial charge in [-0.2, -0.15) is 0 Å². The van der Waals surface area contributed by atoms with Crippen molar-refractivity contribution in [2.45, 2.75) is 59.4 Å². The van der Waals surface area contributed by atoms with Crippen LogP contribution in [0.15, 0.2) is 48.5 Å². The summed E-state index contributed by atoms with van der Waals surface area (Å²) in [6, 6.07) is 14.7. The summed E-state index contributed by atoms with van der Waals surface area (Å²) >= 11 is 0. The maximum Gasteiger partial charge on any atom is 0.246 e. The van der Waals surface area contributed by atoms with Crippen LogP contribution in [-0.4, -0.2) is 25.0 Å². The Morgan fingerprint density at radius 1 is 0.839 bits per heavy atom. The van der Waals surface area contributed by atoms with Crippen LogP contribution in [0.3, 0.4) is 0 Å². The van der Waals surface area contributed by atoms with E-state index in [-0.39, 0.29) is 23.7 Å². The maximum absolute atomic E-state index is 12.9. The molecule has 2 N–H and O–H groups in total. The molecule has 5 nitrogen and oxygen atoms in total. The van der Waals surface area contributed by atoms with E-state index in [9.17, 15) is 9.59 Å². The molecule has 5 heteroatoms. The maximum atomic E-state index is 12.9. The van der Waals surface area contributed by atoms with Gasteiger partial charge in [0.2, 0.25) is 11.8 Å². The Balaban J connectivity index is 2.05. The van der Waals surface area contributed by atoms with Gasteiger partial charge in [0.05, 0.1) is 13.0 Å². The second-order valence-corrected chi connectivity index (χ2v) is 8.97. The predicted octanol–water partition coefficient (Wildman–Crippen LogP) is 5.17. The molecule has 0 aromatic heterocycles. The van der Waals surface area contributed by atoms with E-state index in [0.29, 0.717) is 18.0 Å². The molecule has 0 bridgehead atoms. The summed E-state index contributed by atoms with van der Waals surface area (Å²) in [6.45, 7) is 10.3. The molecule has 2 atom stereocenters. The summed E-state index contributed by atoms with van der Waals surface area (Å²) in [4.78, 5) is 25.8. The van der Waals surface area contributed by atoms with Gasteiger partial charge in [0.15, 0.2) is 0 Å². The standard InChI is InChI=1S/C26H36N2O3/c1-17(2)15-20-7-9-21(10-8-20)19(5)25(29)28-24(16-18(3)4)26(30)27-22-11-13-23(31-6)14-12-22/h7-14,17-19,24H,15-16H2,1-6H3,(H,27,30)(H,28,29)/t19?,24-/m0/s1. The Bertz CT molecular complexity index is 842. The van der Waals surface area contributed by atoms with E-state index in [1.54, 1.807) is 31.4 Å². The quantitative estimate of drug-likeness (QED) is 0.553. The van der Waals surface area contributed by atoms with Gasteiger partial charge in [0, 0.05) is 5.69 Å². The van der Waals surface area contributed by atoms with Gasteiger partial charge in [-0.25, -0.2) is 0 Å². The summed E-state index contributed by atoms with van der Waals surface area (Å²) in [7, 11) is 1.60. The van der Waals surface area contributed by atoms with E-state index in [1.165, 1.54) is 5.56 Å². The number of ether oxygens (including phenoxy) is 1. The largest absolute Gasteiger partial charge is 0.497 e. The molecular weight excluding hydrogens is 388 g/mol. The highest BCUT2D eigenvalue weighted by Gasteiger charge is 2.25. The third kappa shape index (κ3) is 7.74. The van der Waals surface area contributed by atoms with Crippen molar-refractivity contribution in [3.63, 3.8) is 0 Å². The number of nitrogens with one attached hydrogen (secondary N) is 2. The fraction of sp³-hybridized carbons (Fsp3) is 0.462. The molecule has 2 amide bonds. The van der Waals surface area contributed by atoms with Gasteiger partial charge in [0.25, 0.3) is 0 Å². The fourth-order valence-corrected chi connectivity index (χ4v) is 3.47. The lowest BCUT2D eigenvalue weighted by Crippen LogP contribution is -2.46. The highest BCUT2D eigenvalue weighted by atomic mass is 16.5. The lowest BCUT2D eigenvalue weighted by atomic mass is 9.95. The van der Waals surface area contributed by atoms with Crippen molar-refractivity contribution in [2.24, 2.45) is 11.8 Å². The third-order valence-electron chi connectivity index (χ3n) is 5.21. The molecule has 2 aromatic carbocycles. The van der Waals surface area contributed by atoms with E-state index in [0.717, 1.165) is 17.7 Å². The molecule has 1 unspecified atom stereocenters. The second kappa shape index (κ2) is 11.5. The van der Waals surface area contributed by atoms with E-state index in [4.69, 9.17) is 4.74 Å². The SMILES string of the molecule is COc1ccc(NC(=O)[C@H](CC(C)C)NC(=O)C(C)c2ccc(CC(C)C)cc2)cc1. The molecule has 0 aliphatic rings. The minimum atomic E-state index is -0.600. The van der Waals surface area contributed by atoms with Crippen molar-refractivity contribution < 1.29 is 14.3 Å². The van der Waals surface area contributed by atoms with Crippen LogP contribution in [0.4, 0.5) is 5.69 Å². The Hall–Kier alpha value is -2.82. The molecule has 168 valence electrons. The molecule has 0 radical (unpaired) electrons. The molecule has 0 aliphatic carbocycles. The van der Waals surface area contributed by atoms with Crippen LogP contribution in [-0.2, 0) is 16.0 Å². The third-order valence-corrected chi connectivity index (χ3v) is 5.21. The molecule has 0 heterocycles. The van der Waals surface area contributed by atoms with Crippen LogP contribution >= 0.6 is 0 Å². The number of anilines is 1. The highest BCUT2D eigenvalue weighted by Crippen LogP contribution is 2.20. The molecule has 31 heavy (non-hydrogen) atoms. The highest BCUT2D eigenvalue weighted by molar-refractivity contribution is 5.98. The summed E-state index contributed by atoms with van der Waals surface area (Å²) in [5.41, 5.74) is 2.88. The van der Waals surface area contributed by atoms with Crippen molar-refractivity contribution in [2.75, 3.05) is 12.4 Å². The zero-order chi connectivity index (χ0) is 23.0.